The van der Waals surface area contributed by atoms with Gasteiger partial charge in [-0.1, -0.05) is 156 Å². The van der Waals surface area contributed by atoms with Crippen molar-refractivity contribution >= 4 is 5.91 Å². The van der Waals surface area contributed by atoms with Crippen LogP contribution in [0, 0.1) is 11.8 Å². The van der Waals surface area contributed by atoms with Crippen LogP contribution >= 0.6 is 0 Å². The second-order valence-corrected chi connectivity index (χ2v) is 11.1. The highest BCUT2D eigenvalue weighted by Gasteiger charge is 2.19. The molecule has 0 fully saturated rings. The molecule has 2 heteroatoms. The molecule has 0 aliphatic carbocycles. The number of unbranched alkanes of at least 4 members (excludes halogenated alkanes) is 16. The molecule has 204 valence electrons. The SMILES string of the molecule is CCCCCCCCC(CCCCCC)CNC(=O)C(CCCCCC)CCCCCCCC. The van der Waals surface area contributed by atoms with Crippen LogP contribution in [0.1, 0.15) is 182 Å². The molecule has 0 saturated heterocycles. The van der Waals surface area contributed by atoms with Gasteiger partial charge in [-0.05, 0) is 31.6 Å². The first-order valence-corrected chi connectivity index (χ1v) is 16.0. The van der Waals surface area contributed by atoms with Gasteiger partial charge in [0.15, 0.2) is 0 Å². The van der Waals surface area contributed by atoms with Crippen LogP contribution < -0.4 is 5.32 Å². The molecular formula is C32H65NO. The maximum absolute atomic E-state index is 13.2. The zero-order valence-electron chi connectivity index (χ0n) is 24.2. The van der Waals surface area contributed by atoms with Crippen LogP contribution in [0.5, 0.6) is 0 Å². The van der Waals surface area contributed by atoms with E-state index >= 15 is 0 Å². The summed E-state index contributed by atoms with van der Waals surface area (Å²) >= 11 is 0. The summed E-state index contributed by atoms with van der Waals surface area (Å²) < 4.78 is 0. The van der Waals surface area contributed by atoms with Gasteiger partial charge in [0.25, 0.3) is 0 Å². The average molecular weight is 480 g/mol. The topological polar surface area (TPSA) is 29.1 Å². The molecule has 0 rings (SSSR count). The molecular weight excluding hydrogens is 414 g/mol. The summed E-state index contributed by atoms with van der Waals surface area (Å²) in [4.78, 5) is 13.2. The lowest BCUT2D eigenvalue weighted by Gasteiger charge is -2.21. The fraction of sp³-hybridized carbons (Fsp3) is 0.969. The van der Waals surface area contributed by atoms with Crippen LogP contribution in [0.2, 0.25) is 0 Å². The molecule has 0 radical (unpaired) electrons. The lowest BCUT2D eigenvalue weighted by Crippen LogP contribution is -2.34. The predicted molar refractivity (Wildman–Crippen MR) is 153 cm³/mol. The van der Waals surface area contributed by atoms with Crippen molar-refractivity contribution < 1.29 is 4.79 Å². The minimum Gasteiger partial charge on any atom is -0.356 e. The van der Waals surface area contributed by atoms with E-state index in [1.165, 1.54) is 141 Å². The molecule has 0 aromatic rings. The summed E-state index contributed by atoms with van der Waals surface area (Å²) in [5, 5.41) is 3.45. The third-order valence-electron chi connectivity index (χ3n) is 7.68. The smallest absolute Gasteiger partial charge is 0.223 e. The van der Waals surface area contributed by atoms with Crippen molar-refractivity contribution in [2.24, 2.45) is 11.8 Å². The van der Waals surface area contributed by atoms with Crippen molar-refractivity contribution in [3.63, 3.8) is 0 Å². The Morgan fingerprint density at radius 1 is 0.471 bits per heavy atom. The normalized spacial score (nSPS) is 13.2. The van der Waals surface area contributed by atoms with Gasteiger partial charge in [0.1, 0.15) is 0 Å². The van der Waals surface area contributed by atoms with Crippen LogP contribution in [0.3, 0.4) is 0 Å². The van der Waals surface area contributed by atoms with Crippen LogP contribution in [0.25, 0.3) is 0 Å². The van der Waals surface area contributed by atoms with E-state index in [0.29, 0.717) is 11.8 Å². The first kappa shape index (κ1) is 33.5. The van der Waals surface area contributed by atoms with Gasteiger partial charge in [-0.25, -0.2) is 0 Å². The van der Waals surface area contributed by atoms with Gasteiger partial charge in [0, 0.05) is 12.5 Å². The van der Waals surface area contributed by atoms with Crippen molar-refractivity contribution in [2.45, 2.75) is 182 Å². The van der Waals surface area contributed by atoms with Crippen molar-refractivity contribution in [3.05, 3.63) is 0 Å². The quantitative estimate of drug-likeness (QED) is 0.117. The molecule has 0 heterocycles. The Morgan fingerprint density at radius 3 is 1.21 bits per heavy atom. The monoisotopic (exact) mass is 480 g/mol. The van der Waals surface area contributed by atoms with Gasteiger partial charge in [0.05, 0.1) is 0 Å². The highest BCUT2D eigenvalue weighted by atomic mass is 16.1. The van der Waals surface area contributed by atoms with Gasteiger partial charge >= 0.3 is 0 Å². The summed E-state index contributed by atoms with van der Waals surface area (Å²) in [6.07, 6.45) is 31.4. The Kier molecular flexibility index (Phi) is 26.6. The first-order valence-electron chi connectivity index (χ1n) is 16.0. The Balaban J connectivity index is 4.54. The predicted octanol–water partition coefficient (Wildman–Crippen LogP) is 10.8. The van der Waals surface area contributed by atoms with Gasteiger partial charge in [-0.2, -0.15) is 0 Å². The molecule has 0 aromatic heterocycles. The number of amides is 1. The zero-order chi connectivity index (χ0) is 25.1. The average Bonchev–Trinajstić information content (AvgIpc) is 2.85. The van der Waals surface area contributed by atoms with E-state index in [1.807, 2.05) is 0 Å². The minimum atomic E-state index is 0.248. The van der Waals surface area contributed by atoms with E-state index in [2.05, 4.69) is 33.0 Å². The molecule has 0 aliphatic rings. The Bertz CT molecular complexity index is 408. The van der Waals surface area contributed by atoms with Gasteiger partial charge < -0.3 is 5.32 Å². The lowest BCUT2D eigenvalue weighted by molar-refractivity contribution is -0.125. The maximum atomic E-state index is 13.2. The second kappa shape index (κ2) is 27.1. The number of hydrogen-bond donors (Lipinski definition) is 1. The van der Waals surface area contributed by atoms with Gasteiger partial charge in [0.2, 0.25) is 5.91 Å². The summed E-state index contributed by atoms with van der Waals surface area (Å²) in [6.45, 7) is 10.0. The largest absolute Gasteiger partial charge is 0.356 e. The maximum Gasteiger partial charge on any atom is 0.223 e. The summed E-state index contributed by atoms with van der Waals surface area (Å²) in [5.41, 5.74) is 0. The number of hydrogen-bond acceptors (Lipinski definition) is 1. The molecule has 2 unspecified atom stereocenters. The highest BCUT2D eigenvalue weighted by Crippen LogP contribution is 2.21. The molecule has 0 spiro atoms. The molecule has 1 amide bonds. The molecule has 2 nitrogen and oxygen atoms in total. The highest BCUT2D eigenvalue weighted by molar-refractivity contribution is 5.78. The van der Waals surface area contributed by atoms with E-state index in [0.717, 1.165) is 19.4 Å². The molecule has 0 saturated carbocycles. The third kappa shape index (κ3) is 22.0. The van der Waals surface area contributed by atoms with Crippen molar-refractivity contribution in [3.8, 4) is 0 Å². The number of carbonyl (C=O) groups excluding carboxylic acids is 1. The summed E-state index contributed by atoms with van der Waals surface area (Å²) in [7, 11) is 0. The van der Waals surface area contributed by atoms with E-state index in [9.17, 15) is 4.79 Å². The van der Waals surface area contributed by atoms with Crippen LogP contribution in [0.15, 0.2) is 0 Å². The first-order chi connectivity index (χ1) is 16.7. The van der Waals surface area contributed by atoms with Crippen molar-refractivity contribution in [1.29, 1.82) is 0 Å². The van der Waals surface area contributed by atoms with Crippen LogP contribution in [0.4, 0.5) is 0 Å². The molecule has 2 atom stereocenters. The van der Waals surface area contributed by atoms with Crippen molar-refractivity contribution in [2.75, 3.05) is 6.54 Å². The third-order valence-corrected chi connectivity index (χ3v) is 7.68. The van der Waals surface area contributed by atoms with E-state index in [4.69, 9.17) is 0 Å². The van der Waals surface area contributed by atoms with E-state index < -0.39 is 0 Å². The minimum absolute atomic E-state index is 0.248. The Morgan fingerprint density at radius 2 is 0.794 bits per heavy atom. The van der Waals surface area contributed by atoms with Gasteiger partial charge in [-0.15, -0.1) is 0 Å². The fourth-order valence-corrected chi connectivity index (χ4v) is 5.21. The molecule has 0 aliphatic heterocycles. The van der Waals surface area contributed by atoms with E-state index in [1.54, 1.807) is 0 Å². The standard InChI is InChI=1S/C32H65NO/c1-5-9-13-17-19-22-26-30(25-21-15-11-7-3)29-33-32(34)31(27-23-16-12-8-4)28-24-20-18-14-10-6-2/h30-31H,5-29H2,1-4H3,(H,33,34). The Labute approximate surface area is 216 Å². The number of rotatable bonds is 27. The molecule has 34 heavy (non-hydrogen) atoms. The fourth-order valence-electron chi connectivity index (χ4n) is 5.21. The lowest BCUT2D eigenvalue weighted by atomic mass is 9.92. The van der Waals surface area contributed by atoms with Crippen LogP contribution in [-0.4, -0.2) is 12.5 Å². The molecule has 0 bridgehead atoms. The van der Waals surface area contributed by atoms with Crippen LogP contribution in [-0.2, 0) is 4.79 Å². The molecule has 0 aromatic carbocycles. The Hall–Kier alpha value is -0.530. The second-order valence-electron chi connectivity index (χ2n) is 11.1. The summed E-state index contributed by atoms with van der Waals surface area (Å²) in [6, 6.07) is 0. The number of nitrogens with one attached hydrogen (secondary N) is 1. The van der Waals surface area contributed by atoms with E-state index in [-0.39, 0.29) is 5.92 Å². The molecule has 1 N–H and O–H groups in total. The van der Waals surface area contributed by atoms with Crippen molar-refractivity contribution in [1.82, 2.24) is 5.32 Å². The number of carbonyl (C=O) groups is 1. The summed E-state index contributed by atoms with van der Waals surface area (Å²) in [5.74, 6) is 1.30. The zero-order valence-corrected chi connectivity index (χ0v) is 24.2. The van der Waals surface area contributed by atoms with Gasteiger partial charge in [-0.3, -0.25) is 4.79 Å².